The van der Waals surface area contributed by atoms with Gasteiger partial charge in [-0.2, -0.15) is 0 Å². The van der Waals surface area contributed by atoms with Crippen molar-refractivity contribution in [1.29, 1.82) is 0 Å². The van der Waals surface area contributed by atoms with Crippen LogP contribution in [0.4, 0.5) is 5.69 Å². The topological polar surface area (TPSA) is 85.6 Å². The second-order valence-electron chi connectivity index (χ2n) is 6.12. The van der Waals surface area contributed by atoms with E-state index in [1.165, 1.54) is 0 Å². The minimum atomic E-state index is -0.241. The van der Waals surface area contributed by atoms with Crippen molar-refractivity contribution >= 4 is 34.1 Å². The summed E-state index contributed by atoms with van der Waals surface area (Å²) in [6.07, 6.45) is 0. The van der Waals surface area contributed by atoms with Crippen LogP contribution in [0.25, 0.3) is 22.3 Å². The number of halogens is 1. The van der Waals surface area contributed by atoms with Crippen LogP contribution in [-0.2, 0) is 7.05 Å². The number of fused-ring (bicyclic) bond motifs is 1. The number of nitrogens with zero attached hydrogens (tertiary/aromatic N) is 5. The monoisotopic (exact) mass is 378 g/mol. The van der Waals surface area contributed by atoms with Crippen molar-refractivity contribution in [2.24, 2.45) is 7.05 Å². The maximum Gasteiger partial charge on any atom is 0.257 e. The highest BCUT2D eigenvalue weighted by Gasteiger charge is 2.13. The van der Waals surface area contributed by atoms with Gasteiger partial charge < -0.3 is 5.32 Å². The Hall–Kier alpha value is -3.32. The van der Waals surface area contributed by atoms with E-state index in [9.17, 15) is 4.79 Å². The van der Waals surface area contributed by atoms with Crippen LogP contribution in [-0.4, -0.2) is 31.1 Å². The van der Waals surface area contributed by atoms with E-state index < -0.39 is 0 Å². The Morgan fingerprint density at radius 3 is 2.78 bits per heavy atom. The molecule has 4 rings (SSSR count). The number of carbonyl (C=O) groups is 1. The number of hydrogen-bond acceptors (Lipinski definition) is 5. The number of hydrogen-bond donors (Lipinski definition) is 1. The molecule has 0 fully saturated rings. The molecule has 1 N–H and O–H groups in total. The van der Waals surface area contributed by atoms with Crippen molar-refractivity contribution in [3.05, 3.63) is 64.8 Å². The highest BCUT2D eigenvalue weighted by Crippen LogP contribution is 2.23. The van der Waals surface area contributed by atoms with Crippen molar-refractivity contribution in [3.63, 3.8) is 0 Å². The Kier molecular flexibility index (Phi) is 4.29. The normalized spacial score (nSPS) is 10.9. The third-order valence-electron chi connectivity index (χ3n) is 4.21. The summed E-state index contributed by atoms with van der Waals surface area (Å²) < 4.78 is 1.57. The lowest BCUT2D eigenvalue weighted by molar-refractivity contribution is 0.102. The Morgan fingerprint density at radius 2 is 2.00 bits per heavy atom. The molecule has 0 spiro atoms. The first-order chi connectivity index (χ1) is 13.0. The second kappa shape index (κ2) is 6.77. The van der Waals surface area contributed by atoms with Crippen molar-refractivity contribution < 1.29 is 4.79 Å². The van der Waals surface area contributed by atoms with Crippen molar-refractivity contribution in [2.75, 3.05) is 5.32 Å². The van der Waals surface area contributed by atoms with Crippen molar-refractivity contribution in [1.82, 2.24) is 25.2 Å². The first-order valence-corrected chi connectivity index (χ1v) is 8.60. The molecule has 0 saturated heterocycles. The quantitative estimate of drug-likeness (QED) is 0.588. The van der Waals surface area contributed by atoms with Gasteiger partial charge in [0.05, 0.1) is 16.8 Å². The van der Waals surface area contributed by atoms with E-state index in [2.05, 4.69) is 25.8 Å². The third kappa shape index (κ3) is 3.37. The average Bonchev–Trinajstić information content (AvgIpc) is 3.07. The van der Waals surface area contributed by atoms with Crippen LogP contribution in [0.3, 0.4) is 0 Å². The van der Waals surface area contributed by atoms with Gasteiger partial charge in [0.15, 0.2) is 5.82 Å². The van der Waals surface area contributed by atoms with Crippen LogP contribution in [0.5, 0.6) is 0 Å². The molecule has 2 aromatic carbocycles. The molecule has 0 aliphatic carbocycles. The summed E-state index contributed by atoms with van der Waals surface area (Å²) in [5.74, 6) is 0.374. The van der Waals surface area contributed by atoms with Crippen LogP contribution in [0.1, 0.15) is 16.1 Å². The van der Waals surface area contributed by atoms with Gasteiger partial charge in [-0.15, -0.1) is 5.10 Å². The SMILES string of the molecule is Cc1nc2ccc(Cl)cc2cc1C(=O)Nc1cccc(-c2nnnn2C)c1. The van der Waals surface area contributed by atoms with Crippen molar-refractivity contribution in [2.45, 2.75) is 6.92 Å². The summed E-state index contributed by atoms with van der Waals surface area (Å²) in [5.41, 5.74) is 3.39. The van der Waals surface area contributed by atoms with E-state index in [1.54, 1.807) is 29.9 Å². The lowest BCUT2D eigenvalue weighted by Crippen LogP contribution is -2.14. The Labute approximate surface area is 160 Å². The Bertz CT molecular complexity index is 1170. The maximum absolute atomic E-state index is 12.8. The number of carbonyl (C=O) groups excluding carboxylic acids is 1. The van der Waals surface area contributed by atoms with Gasteiger partial charge in [-0.25, -0.2) is 4.68 Å². The molecule has 0 radical (unpaired) electrons. The highest BCUT2D eigenvalue weighted by atomic mass is 35.5. The molecule has 4 aromatic rings. The van der Waals surface area contributed by atoms with E-state index in [-0.39, 0.29) is 5.91 Å². The molecule has 0 aliphatic rings. The summed E-state index contributed by atoms with van der Waals surface area (Å²) in [6.45, 7) is 1.81. The molecule has 0 atom stereocenters. The van der Waals surface area contributed by atoms with E-state index in [1.807, 2.05) is 37.3 Å². The fraction of sp³-hybridized carbons (Fsp3) is 0.105. The molecule has 2 heterocycles. The maximum atomic E-state index is 12.8. The van der Waals surface area contributed by atoms with Gasteiger partial charge in [0.25, 0.3) is 5.91 Å². The fourth-order valence-corrected chi connectivity index (χ4v) is 3.06. The van der Waals surface area contributed by atoms with Crippen LogP contribution in [0, 0.1) is 6.92 Å². The molecule has 7 nitrogen and oxygen atoms in total. The molecule has 27 heavy (non-hydrogen) atoms. The van der Waals surface area contributed by atoms with E-state index in [0.717, 1.165) is 16.5 Å². The number of rotatable bonds is 3. The van der Waals surface area contributed by atoms with Crippen molar-refractivity contribution in [3.8, 4) is 11.4 Å². The lowest BCUT2D eigenvalue weighted by Gasteiger charge is -2.10. The minimum absolute atomic E-state index is 0.241. The van der Waals surface area contributed by atoms with Crippen LogP contribution < -0.4 is 5.32 Å². The summed E-state index contributed by atoms with van der Waals surface area (Å²) in [6, 6.07) is 14.6. The fourth-order valence-electron chi connectivity index (χ4n) is 2.88. The van der Waals surface area contributed by atoms with Gasteiger partial charge >= 0.3 is 0 Å². The molecule has 0 unspecified atom stereocenters. The second-order valence-corrected chi connectivity index (χ2v) is 6.56. The lowest BCUT2D eigenvalue weighted by atomic mass is 10.1. The molecule has 0 aliphatic heterocycles. The summed E-state index contributed by atoms with van der Waals surface area (Å²) in [7, 11) is 1.76. The highest BCUT2D eigenvalue weighted by molar-refractivity contribution is 6.31. The summed E-state index contributed by atoms with van der Waals surface area (Å²) >= 11 is 6.05. The first kappa shape index (κ1) is 17.1. The van der Waals surface area contributed by atoms with Gasteiger partial charge in [-0.1, -0.05) is 23.7 Å². The van der Waals surface area contributed by atoms with Crippen LogP contribution in [0.15, 0.2) is 48.5 Å². The standard InChI is InChI=1S/C19H15ClN6O/c1-11-16(10-13-8-14(20)6-7-17(13)21-11)19(27)22-15-5-3-4-12(9-15)18-23-24-25-26(18)2/h3-10H,1-2H3,(H,22,27). The van der Waals surface area contributed by atoms with Crippen LogP contribution in [0.2, 0.25) is 5.02 Å². The van der Waals surface area contributed by atoms with E-state index in [0.29, 0.717) is 27.8 Å². The van der Waals surface area contributed by atoms with E-state index in [4.69, 9.17) is 11.6 Å². The van der Waals surface area contributed by atoms with Gasteiger partial charge in [0, 0.05) is 28.7 Å². The number of benzene rings is 2. The molecule has 1 amide bonds. The first-order valence-electron chi connectivity index (χ1n) is 8.22. The zero-order valence-electron chi connectivity index (χ0n) is 14.6. The molecular formula is C19H15ClN6O. The number of amides is 1. The number of nitrogens with one attached hydrogen (secondary N) is 1. The van der Waals surface area contributed by atoms with Gasteiger partial charge in [0.2, 0.25) is 0 Å². The summed E-state index contributed by atoms with van der Waals surface area (Å²) in [5, 5.41) is 15.8. The molecule has 8 heteroatoms. The Morgan fingerprint density at radius 1 is 1.15 bits per heavy atom. The van der Waals surface area contributed by atoms with Gasteiger partial charge in [-0.05, 0) is 53.7 Å². The average molecular weight is 379 g/mol. The molecular weight excluding hydrogens is 364 g/mol. The largest absolute Gasteiger partial charge is 0.322 e. The van der Waals surface area contributed by atoms with Gasteiger partial charge in [-0.3, -0.25) is 9.78 Å². The molecule has 134 valence electrons. The number of tetrazole rings is 1. The predicted octanol–water partition coefficient (Wildman–Crippen LogP) is 3.64. The summed E-state index contributed by atoms with van der Waals surface area (Å²) in [4.78, 5) is 17.3. The number of anilines is 1. The smallest absolute Gasteiger partial charge is 0.257 e. The van der Waals surface area contributed by atoms with Crippen LogP contribution >= 0.6 is 11.6 Å². The number of pyridine rings is 1. The number of aromatic nitrogens is 5. The number of aryl methyl sites for hydroxylation is 2. The van der Waals surface area contributed by atoms with E-state index >= 15 is 0 Å². The zero-order chi connectivity index (χ0) is 19.0. The van der Waals surface area contributed by atoms with Gasteiger partial charge in [0.1, 0.15) is 0 Å². The molecule has 0 bridgehead atoms. The predicted molar refractivity (Wildman–Crippen MR) is 104 cm³/mol. The minimum Gasteiger partial charge on any atom is -0.322 e. The zero-order valence-corrected chi connectivity index (χ0v) is 15.4. The Balaban J connectivity index is 1.66. The molecule has 0 saturated carbocycles. The third-order valence-corrected chi connectivity index (χ3v) is 4.45. The molecule has 2 aromatic heterocycles.